The minimum atomic E-state index is 0.600. The number of unbranched alkanes of at least 4 members (excludes halogenated alkanes) is 2. The Kier molecular flexibility index (Phi) is 7.60. The monoisotopic (exact) mass is 443 g/mol. The minimum absolute atomic E-state index is 0.600. The van der Waals surface area contributed by atoms with Crippen LogP contribution in [0, 0.1) is 5.92 Å². The summed E-state index contributed by atoms with van der Waals surface area (Å²) < 4.78 is 2.10. The summed E-state index contributed by atoms with van der Waals surface area (Å²) in [6.45, 7) is 7.47. The average molecular weight is 444 g/mol. The number of tetrazole rings is 1. The van der Waals surface area contributed by atoms with Crippen molar-refractivity contribution < 1.29 is 0 Å². The topological polar surface area (TPSA) is 85.2 Å². The molecule has 2 heterocycles. The van der Waals surface area contributed by atoms with Crippen molar-refractivity contribution in [1.29, 1.82) is 0 Å². The summed E-state index contributed by atoms with van der Waals surface area (Å²) in [5.74, 6) is 3.33. The molecule has 0 spiro atoms. The zero-order valence-corrected chi connectivity index (χ0v) is 19.8. The van der Waals surface area contributed by atoms with Crippen LogP contribution in [0.15, 0.2) is 48.5 Å². The molecule has 2 aromatic carbocycles. The number of benzene rings is 2. The van der Waals surface area contributed by atoms with Gasteiger partial charge in [-0.25, -0.2) is 9.67 Å². The Labute approximate surface area is 195 Å². The van der Waals surface area contributed by atoms with Crippen LogP contribution in [0.25, 0.3) is 22.5 Å². The maximum Gasteiger partial charge on any atom is 0.205 e. The summed E-state index contributed by atoms with van der Waals surface area (Å²) in [5, 5.41) is 19.4. The van der Waals surface area contributed by atoms with Gasteiger partial charge in [-0.1, -0.05) is 82.1 Å². The zero-order chi connectivity index (χ0) is 23.0. The SMILES string of the molecule is CCCCCc1nc(CCC(C)C)nn1Cc1ccc(-c2ccccc2-c2nn[nH]n2)cc1. The number of hydrogen-bond donors (Lipinski definition) is 1. The van der Waals surface area contributed by atoms with Crippen LogP contribution < -0.4 is 0 Å². The summed E-state index contributed by atoms with van der Waals surface area (Å²) in [7, 11) is 0. The molecule has 0 aliphatic heterocycles. The molecule has 33 heavy (non-hydrogen) atoms. The summed E-state index contributed by atoms with van der Waals surface area (Å²) in [4.78, 5) is 4.88. The molecule has 0 amide bonds. The maximum atomic E-state index is 4.88. The number of nitrogens with one attached hydrogen (secondary N) is 1. The summed E-state index contributed by atoms with van der Waals surface area (Å²) in [5.41, 5.74) is 4.39. The fraction of sp³-hybridized carbons (Fsp3) is 0.423. The average Bonchev–Trinajstić information content (AvgIpc) is 3.49. The van der Waals surface area contributed by atoms with Crippen molar-refractivity contribution in [3.05, 3.63) is 65.7 Å². The Bertz CT molecular complexity index is 1130. The number of aryl methyl sites for hydroxylation is 2. The van der Waals surface area contributed by atoms with Gasteiger partial charge in [0.1, 0.15) is 5.82 Å². The molecular weight excluding hydrogens is 410 g/mol. The number of hydrogen-bond acceptors (Lipinski definition) is 5. The first-order valence-electron chi connectivity index (χ1n) is 12.0. The Balaban J connectivity index is 1.53. The fourth-order valence-corrected chi connectivity index (χ4v) is 3.96. The molecule has 7 heteroatoms. The molecule has 0 radical (unpaired) electrons. The van der Waals surface area contributed by atoms with Crippen molar-refractivity contribution in [2.45, 2.75) is 65.8 Å². The first-order chi connectivity index (χ1) is 16.1. The van der Waals surface area contributed by atoms with Gasteiger partial charge >= 0.3 is 0 Å². The molecule has 0 fully saturated rings. The normalized spacial score (nSPS) is 11.4. The van der Waals surface area contributed by atoms with Crippen molar-refractivity contribution in [1.82, 2.24) is 35.4 Å². The molecule has 0 saturated heterocycles. The lowest BCUT2D eigenvalue weighted by Gasteiger charge is -2.09. The third-order valence-corrected chi connectivity index (χ3v) is 5.85. The van der Waals surface area contributed by atoms with E-state index < -0.39 is 0 Å². The summed E-state index contributed by atoms with van der Waals surface area (Å²) in [6, 6.07) is 16.8. The van der Waals surface area contributed by atoms with Crippen LogP contribution in [-0.4, -0.2) is 35.4 Å². The van der Waals surface area contributed by atoms with E-state index in [1.165, 1.54) is 18.4 Å². The van der Waals surface area contributed by atoms with E-state index in [4.69, 9.17) is 10.1 Å². The highest BCUT2D eigenvalue weighted by molar-refractivity contribution is 5.80. The second-order valence-electron chi connectivity index (χ2n) is 8.97. The van der Waals surface area contributed by atoms with Gasteiger partial charge in [0, 0.05) is 18.4 Å². The van der Waals surface area contributed by atoms with Gasteiger partial charge in [-0.15, -0.1) is 10.2 Å². The van der Waals surface area contributed by atoms with Crippen LogP contribution in [0.4, 0.5) is 0 Å². The number of aromatic amines is 1. The molecule has 172 valence electrons. The fourth-order valence-electron chi connectivity index (χ4n) is 3.96. The molecule has 4 rings (SSSR count). The van der Waals surface area contributed by atoms with Crippen molar-refractivity contribution in [3.63, 3.8) is 0 Å². The second kappa shape index (κ2) is 11.0. The highest BCUT2D eigenvalue weighted by Crippen LogP contribution is 2.29. The highest BCUT2D eigenvalue weighted by atomic mass is 15.5. The number of H-pyrrole nitrogens is 1. The molecule has 4 aromatic rings. The minimum Gasteiger partial charge on any atom is -0.245 e. The Morgan fingerprint density at radius 2 is 1.73 bits per heavy atom. The molecule has 0 saturated carbocycles. The molecule has 0 atom stereocenters. The van der Waals surface area contributed by atoms with E-state index in [9.17, 15) is 0 Å². The first-order valence-corrected chi connectivity index (χ1v) is 12.0. The molecule has 0 aliphatic rings. The van der Waals surface area contributed by atoms with Gasteiger partial charge in [0.25, 0.3) is 0 Å². The summed E-state index contributed by atoms with van der Waals surface area (Å²) >= 11 is 0. The van der Waals surface area contributed by atoms with E-state index >= 15 is 0 Å². The molecule has 0 aliphatic carbocycles. The molecule has 0 bridgehead atoms. The van der Waals surface area contributed by atoms with Crippen LogP contribution in [0.5, 0.6) is 0 Å². The van der Waals surface area contributed by atoms with Gasteiger partial charge in [-0.2, -0.15) is 10.3 Å². The third kappa shape index (κ3) is 5.92. The predicted molar refractivity (Wildman–Crippen MR) is 131 cm³/mol. The molecule has 1 N–H and O–H groups in total. The lowest BCUT2D eigenvalue weighted by molar-refractivity contribution is 0.567. The number of aromatic nitrogens is 7. The van der Waals surface area contributed by atoms with E-state index in [2.05, 4.69) is 76.4 Å². The first kappa shape index (κ1) is 22.8. The third-order valence-electron chi connectivity index (χ3n) is 5.85. The Hall–Kier alpha value is -3.35. The van der Waals surface area contributed by atoms with E-state index in [1.807, 2.05) is 18.2 Å². The van der Waals surface area contributed by atoms with Crippen LogP contribution in [0.1, 0.15) is 63.7 Å². The molecule has 2 aromatic heterocycles. The molecular formula is C26H33N7. The van der Waals surface area contributed by atoms with E-state index in [0.717, 1.165) is 60.6 Å². The second-order valence-corrected chi connectivity index (χ2v) is 8.97. The van der Waals surface area contributed by atoms with Gasteiger partial charge < -0.3 is 0 Å². The van der Waals surface area contributed by atoms with Crippen LogP contribution >= 0.6 is 0 Å². The van der Waals surface area contributed by atoms with Crippen LogP contribution in [0.2, 0.25) is 0 Å². The lowest BCUT2D eigenvalue weighted by Crippen LogP contribution is -2.07. The van der Waals surface area contributed by atoms with Crippen molar-refractivity contribution in [2.24, 2.45) is 5.92 Å². The van der Waals surface area contributed by atoms with Gasteiger partial charge in [0.05, 0.1) is 6.54 Å². The molecule has 7 nitrogen and oxygen atoms in total. The largest absolute Gasteiger partial charge is 0.245 e. The quantitative estimate of drug-likeness (QED) is 0.310. The maximum absolute atomic E-state index is 4.88. The molecule has 0 unspecified atom stereocenters. The Morgan fingerprint density at radius 3 is 2.42 bits per heavy atom. The van der Waals surface area contributed by atoms with Crippen molar-refractivity contribution >= 4 is 0 Å². The smallest absolute Gasteiger partial charge is 0.205 e. The van der Waals surface area contributed by atoms with Crippen molar-refractivity contribution in [3.8, 4) is 22.5 Å². The Morgan fingerprint density at radius 1 is 0.939 bits per heavy atom. The van der Waals surface area contributed by atoms with Crippen LogP contribution in [-0.2, 0) is 19.4 Å². The summed E-state index contributed by atoms with van der Waals surface area (Å²) in [6.07, 6.45) is 6.64. The van der Waals surface area contributed by atoms with Gasteiger partial charge in [0.15, 0.2) is 5.82 Å². The van der Waals surface area contributed by atoms with Crippen molar-refractivity contribution in [2.75, 3.05) is 0 Å². The standard InChI is InChI=1S/C26H33N7/c1-4-5-6-11-25-27-24(17-12-19(2)3)30-33(25)18-20-13-15-21(16-14-20)22-9-7-8-10-23(22)26-28-31-32-29-26/h7-10,13-16,19H,4-6,11-12,17-18H2,1-3H3,(H,28,29,31,32). The van der Waals surface area contributed by atoms with Gasteiger partial charge in [-0.05, 0) is 40.7 Å². The van der Waals surface area contributed by atoms with E-state index in [1.54, 1.807) is 0 Å². The number of nitrogens with zero attached hydrogens (tertiary/aromatic N) is 6. The highest BCUT2D eigenvalue weighted by Gasteiger charge is 2.13. The van der Waals surface area contributed by atoms with Gasteiger partial charge in [0.2, 0.25) is 5.82 Å². The lowest BCUT2D eigenvalue weighted by atomic mass is 9.98. The predicted octanol–water partition coefficient (Wildman–Crippen LogP) is 5.49. The zero-order valence-electron chi connectivity index (χ0n) is 19.8. The van der Waals surface area contributed by atoms with E-state index in [0.29, 0.717) is 11.7 Å². The number of rotatable bonds is 11. The van der Waals surface area contributed by atoms with E-state index in [-0.39, 0.29) is 0 Å². The van der Waals surface area contributed by atoms with Gasteiger partial charge in [-0.3, -0.25) is 0 Å². The van der Waals surface area contributed by atoms with Crippen LogP contribution in [0.3, 0.4) is 0 Å².